The Bertz CT molecular complexity index is 894. The lowest BCUT2D eigenvalue weighted by Gasteiger charge is -2.30. The van der Waals surface area contributed by atoms with Gasteiger partial charge in [-0.15, -0.1) is 0 Å². The molecule has 1 aliphatic rings. The second-order valence-electron chi connectivity index (χ2n) is 5.56. The quantitative estimate of drug-likeness (QED) is 0.892. The van der Waals surface area contributed by atoms with Crippen LogP contribution >= 0.6 is 0 Å². The Kier molecular flexibility index (Phi) is 4.11. The van der Waals surface area contributed by atoms with Crippen molar-refractivity contribution in [3.05, 3.63) is 60.4 Å². The highest BCUT2D eigenvalue weighted by Crippen LogP contribution is 2.30. The van der Waals surface area contributed by atoms with Crippen LogP contribution in [0.2, 0.25) is 0 Å². The lowest BCUT2D eigenvalue weighted by Crippen LogP contribution is -2.27. The molecule has 126 valence electrons. The van der Waals surface area contributed by atoms with Crippen LogP contribution in [0.15, 0.2) is 59.8 Å². The van der Waals surface area contributed by atoms with Gasteiger partial charge in [-0.25, -0.2) is 8.42 Å². The highest BCUT2D eigenvalue weighted by molar-refractivity contribution is 7.92. The van der Waals surface area contributed by atoms with Gasteiger partial charge in [-0.05, 0) is 35.9 Å². The van der Waals surface area contributed by atoms with E-state index in [1.54, 1.807) is 24.3 Å². The van der Waals surface area contributed by atoms with Crippen molar-refractivity contribution in [1.29, 1.82) is 0 Å². The SMILES string of the molecule is C=C1Nc2ccc(NS(=O)(=O)c3ccccc3OC)cc2CN1C. The van der Waals surface area contributed by atoms with Gasteiger partial charge in [-0.1, -0.05) is 18.7 Å². The van der Waals surface area contributed by atoms with Crippen molar-refractivity contribution in [2.75, 3.05) is 24.2 Å². The number of benzene rings is 2. The Morgan fingerprint density at radius 3 is 2.75 bits per heavy atom. The summed E-state index contributed by atoms with van der Waals surface area (Å²) in [5.41, 5.74) is 2.42. The zero-order valence-electron chi connectivity index (χ0n) is 13.5. The summed E-state index contributed by atoms with van der Waals surface area (Å²) in [6.07, 6.45) is 0. The van der Waals surface area contributed by atoms with E-state index in [9.17, 15) is 8.42 Å². The van der Waals surface area contributed by atoms with E-state index in [0.717, 1.165) is 17.1 Å². The van der Waals surface area contributed by atoms with Gasteiger partial charge in [-0.3, -0.25) is 4.72 Å². The summed E-state index contributed by atoms with van der Waals surface area (Å²) >= 11 is 0. The van der Waals surface area contributed by atoms with E-state index in [1.165, 1.54) is 13.2 Å². The molecule has 0 atom stereocenters. The van der Waals surface area contributed by atoms with E-state index in [1.807, 2.05) is 24.1 Å². The van der Waals surface area contributed by atoms with Gasteiger partial charge in [0.25, 0.3) is 10.0 Å². The highest BCUT2D eigenvalue weighted by Gasteiger charge is 2.21. The number of nitrogens with zero attached hydrogens (tertiary/aromatic N) is 1. The van der Waals surface area contributed by atoms with Gasteiger partial charge in [0.1, 0.15) is 10.6 Å². The molecule has 0 amide bonds. The minimum atomic E-state index is -3.73. The minimum absolute atomic E-state index is 0.105. The number of para-hydroxylation sites is 1. The maximum Gasteiger partial charge on any atom is 0.265 e. The molecule has 0 saturated carbocycles. The van der Waals surface area contributed by atoms with Gasteiger partial charge in [0.2, 0.25) is 0 Å². The van der Waals surface area contributed by atoms with Crippen LogP contribution in [0.5, 0.6) is 5.75 Å². The largest absolute Gasteiger partial charge is 0.495 e. The van der Waals surface area contributed by atoms with Crippen LogP contribution in [0.1, 0.15) is 5.56 Å². The maximum absolute atomic E-state index is 12.6. The average Bonchev–Trinajstić information content (AvgIpc) is 2.56. The zero-order chi connectivity index (χ0) is 17.3. The number of anilines is 2. The Morgan fingerprint density at radius 1 is 1.25 bits per heavy atom. The Balaban J connectivity index is 1.91. The predicted octanol–water partition coefficient (Wildman–Crippen LogP) is 2.82. The Hall–Kier alpha value is -2.67. The molecule has 1 heterocycles. The third-order valence-electron chi connectivity index (χ3n) is 3.86. The van der Waals surface area contributed by atoms with Crippen molar-refractivity contribution in [3.63, 3.8) is 0 Å². The monoisotopic (exact) mass is 345 g/mol. The van der Waals surface area contributed by atoms with Crippen molar-refractivity contribution < 1.29 is 13.2 Å². The number of methoxy groups -OCH3 is 1. The number of ether oxygens (including phenoxy) is 1. The van der Waals surface area contributed by atoms with Crippen molar-refractivity contribution in [3.8, 4) is 5.75 Å². The molecule has 0 bridgehead atoms. The molecule has 0 aliphatic carbocycles. The Labute approximate surface area is 141 Å². The summed E-state index contributed by atoms with van der Waals surface area (Å²) < 4.78 is 33.0. The van der Waals surface area contributed by atoms with Crippen molar-refractivity contribution >= 4 is 21.4 Å². The topological polar surface area (TPSA) is 70.7 Å². The number of sulfonamides is 1. The minimum Gasteiger partial charge on any atom is -0.495 e. The molecule has 0 aromatic heterocycles. The normalized spacial score (nSPS) is 13.9. The molecule has 0 fully saturated rings. The third kappa shape index (κ3) is 3.03. The highest BCUT2D eigenvalue weighted by atomic mass is 32.2. The van der Waals surface area contributed by atoms with Crippen LogP contribution < -0.4 is 14.8 Å². The molecule has 1 aliphatic heterocycles. The molecule has 0 radical (unpaired) electrons. The lowest BCUT2D eigenvalue weighted by atomic mass is 10.1. The first-order valence-electron chi connectivity index (χ1n) is 7.36. The number of hydrogen-bond donors (Lipinski definition) is 2. The van der Waals surface area contributed by atoms with Crippen molar-refractivity contribution in [2.45, 2.75) is 11.4 Å². The average molecular weight is 345 g/mol. The van der Waals surface area contributed by atoms with Crippen LogP contribution in [0, 0.1) is 0 Å². The summed E-state index contributed by atoms with van der Waals surface area (Å²) in [4.78, 5) is 2.06. The second-order valence-corrected chi connectivity index (χ2v) is 7.21. The van der Waals surface area contributed by atoms with Crippen LogP contribution in [-0.2, 0) is 16.6 Å². The molecule has 0 spiro atoms. The fourth-order valence-corrected chi connectivity index (χ4v) is 3.78. The fourth-order valence-electron chi connectivity index (χ4n) is 2.56. The number of rotatable bonds is 4. The van der Waals surface area contributed by atoms with Gasteiger partial charge >= 0.3 is 0 Å². The smallest absolute Gasteiger partial charge is 0.265 e. The molecule has 3 rings (SSSR count). The van der Waals surface area contributed by atoms with Crippen molar-refractivity contribution in [2.24, 2.45) is 0 Å². The van der Waals surface area contributed by atoms with E-state index < -0.39 is 10.0 Å². The number of fused-ring (bicyclic) bond motifs is 1. The Morgan fingerprint density at radius 2 is 2.00 bits per heavy atom. The summed E-state index contributed by atoms with van der Waals surface area (Å²) in [7, 11) is -0.367. The van der Waals surface area contributed by atoms with Gasteiger partial charge in [0, 0.05) is 25.0 Å². The first-order chi connectivity index (χ1) is 11.4. The van der Waals surface area contributed by atoms with Crippen LogP contribution in [-0.4, -0.2) is 27.5 Å². The maximum atomic E-state index is 12.6. The standard InChI is InChI=1S/C17H19N3O3S/c1-12-18-15-9-8-14(10-13(15)11-20(12)2)19-24(21,22)17-7-5-4-6-16(17)23-3/h4-10,18-19H,1,11H2,2-3H3. The van der Waals surface area contributed by atoms with E-state index in [4.69, 9.17) is 4.74 Å². The molecule has 0 unspecified atom stereocenters. The third-order valence-corrected chi connectivity index (χ3v) is 5.28. The molecule has 6 nitrogen and oxygen atoms in total. The van der Waals surface area contributed by atoms with E-state index in [-0.39, 0.29) is 4.90 Å². The van der Waals surface area contributed by atoms with Gasteiger partial charge in [0.05, 0.1) is 12.9 Å². The summed E-state index contributed by atoms with van der Waals surface area (Å²) in [6, 6.07) is 11.9. The molecular weight excluding hydrogens is 326 g/mol. The summed E-state index contributed by atoms with van der Waals surface area (Å²) in [5, 5.41) is 3.18. The fraction of sp³-hybridized carbons (Fsp3) is 0.176. The van der Waals surface area contributed by atoms with Crippen molar-refractivity contribution in [1.82, 2.24) is 4.90 Å². The molecule has 2 aromatic rings. The predicted molar refractivity (Wildman–Crippen MR) is 94.5 cm³/mol. The molecule has 2 aromatic carbocycles. The van der Waals surface area contributed by atoms with E-state index >= 15 is 0 Å². The second kappa shape index (κ2) is 6.09. The van der Waals surface area contributed by atoms with E-state index in [0.29, 0.717) is 18.0 Å². The summed E-state index contributed by atoms with van der Waals surface area (Å²) in [6.45, 7) is 4.58. The number of hydrogen-bond acceptors (Lipinski definition) is 5. The zero-order valence-corrected chi connectivity index (χ0v) is 14.4. The van der Waals surface area contributed by atoms with E-state index in [2.05, 4.69) is 16.6 Å². The molecule has 24 heavy (non-hydrogen) atoms. The lowest BCUT2D eigenvalue weighted by molar-refractivity contribution is 0.403. The molecule has 2 N–H and O–H groups in total. The number of nitrogens with one attached hydrogen (secondary N) is 2. The summed E-state index contributed by atoms with van der Waals surface area (Å²) in [5.74, 6) is 1.12. The molecule has 0 saturated heterocycles. The van der Waals surface area contributed by atoms with Crippen LogP contribution in [0.4, 0.5) is 11.4 Å². The molecule has 7 heteroatoms. The van der Waals surface area contributed by atoms with Crippen LogP contribution in [0.3, 0.4) is 0 Å². The first kappa shape index (κ1) is 16.2. The molecular formula is C17H19N3O3S. The van der Waals surface area contributed by atoms with Crippen LogP contribution in [0.25, 0.3) is 0 Å². The van der Waals surface area contributed by atoms with Gasteiger partial charge in [0.15, 0.2) is 0 Å². The first-order valence-corrected chi connectivity index (χ1v) is 8.85. The van der Waals surface area contributed by atoms with Gasteiger partial charge < -0.3 is 15.0 Å². The van der Waals surface area contributed by atoms with Gasteiger partial charge in [-0.2, -0.15) is 0 Å².